The van der Waals surface area contributed by atoms with Crippen LogP contribution in [0.1, 0.15) is 40.2 Å². The minimum Gasteiger partial charge on any atom is -0.462 e. The number of carbonyl (C=O) groups is 1. The first-order chi connectivity index (χ1) is 15.0. The Morgan fingerprint density at radius 3 is 2.90 bits per heavy atom. The number of H-pyrrole nitrogens is 1. The Balaban J connectivity index is 1.53. The zero-order chi connectivity index (χ0) is 21.7. The third kappa shape index (κ3) is 3.33. The lowest BCUT2D eigenvalue weighted by molar-refractivity contribution is 0.0531. The Morgan fingerprint density at radius 2 is 2.10 bits per heavy atom. The number of nitrogens with one attached hydrogen (secondary N) is 1. The normalized spacial score (nSPS) is 12.7. The number of aromatic amines is 1. The molecule has 0 radical (unpaired) electrons. The number of thiazole rings is 1. The van der Waals surface area contributed by atoms with Crippen LogP contribution >= 0.6 is 34.4 Å². The largest absolute Gasteiger partial charge is 0.462 e. The fraction of sp³-hybridized carbons (Fsp3) is 0.250. The monoisotopic (exact) mass is 471 g/mol. The van der Waals surface area contributed by atoms with Crippen LogP contribution < -0.4 is 5.56 Å². The van der Waals surface area contributed by atoms with Gasteiger partial charge in [-0.1, -0.05) is 35.2 Å². The van der Waals surface area contributed by atoms with E-state index in [9.17, 15) is 9.59 Å². The summed E-state index contributed by atoms with van der Waals surface area (Å²) in [6, 6.07) is 8.08. The number of hydrogen-bond donors (Lipinski definition) is 1. The Labute approximate surface area is 188 Å². The van der Waals surface area contributed by atoms with Crippen molar-refractivity contribution < 1.29 is 9.53 Å². The summed E-state index contributed by atoms with van der Waals surface area (Å²) in [6.45, 7) is 5.73. The van der Waals surface area contributed by atoms with Crippen LogP contribution in [0.5, 0.6) is 0 Å². The molecule has 0 aliphatic heterocycles. The van der Waals surface area contributed by atoms with E-state index in [1.54, 1.807) is 25.2 Å². The SMILES string of the molecule is CCOC(=O)c1sc2nc(C(C)Sc3nnc4sc5ccccc5n34)[nH]c(=O)c2c1C. The number of thioether (sulfide) groups is 1. The van der Waals surface area contributed by atoms with Gasteiger partial charge in [0, 0.05) is 0 Å². The van der Waals surface area contributed by atoms with E-state index < -0.39 is 5.97 Å². The molecule has 4 heterocycles. The molecule has 1 aromatic carbocycles. The molecule has 0 aliphatic rings. The van der Waals surface area contributed by atoms with Crippen molar-refractivity contribution in [2.45, 2.75) is 31.2 Å². The van der Waals surface area contributed by atoms with E-state index in [-0.39, 0.29) is 17.4 Å². The van der Waals surface area contributed by atoms with Crippen molar-refractivity contribution in [1.29, 1.82) is 0 Å². The van der Waals surface area contributed by atoms with Crippen LogP contribution in [0.2, 0.25) is 0 Å². The zero-order valence-electron chi connectivity index (χ0n) is 16.8. The number of para-hydroxylation sites is 1. The lowest BCUT2D eigenvalue weighted by atomic mass is 10.2. The van der Waals surface area contributed by atoms with Crippen LogP contribution in [0.4, 0.5) is 0 Å². The average molecular weight is 472 g/mol. The van der Waals surface area contributed by atoms with E-state index in [0.29, 0.717) is 26.5 Å². The highest BCUT2D eigenvalue weighted by molar-refractivity contribution is 7.99. The summed E-state index contributed by atoms with van der Waals surface area (Å²) in [5.41, 5.74) is 1.39. The van der Waals surface area contributed by atoms with Crippen LogP contribution in [0.3, 0.4) is 0 Å². The van der Waals surface area contributed by atoms with Gasteiger partial charge < -0.3 is 9.72 Å². The van der Waals surface area contributed by atoms with Crippen molar-refractivity contribution in [2.75, 3.05) is 6.61 Å². The first-order valence-corrected chi connectivity index (χ1v) is 12.1. The maximum absolute atomic E-state index is 12.8. The average Bonchev–Trinajstić information content (AvgIpc) is 3.41. The van der Waals surface area contributed by atoms with Crippen LogP contribution in [0.25, 0.3) is 25.4 Å². The van der Waals surface area contributed by atoms with Crippen LogP contribution in [-0.2, 0) is 4.74 Å². The number of ether oxygens (including phenoxy) is 1. The second-order valence-corrected chi connectivity index (χ2v) is 10.2. The topological polar surface area (TPSA) is 102 Å². The number of aromatic nitrogens is 5. The van der Waals surface area contributed by atoms with Gasteiger partial charge in [-0.25, -0.2) is 9.78 Å². The maximum Gasteiger partial charge on any atom is 0.348 e. The zero-order valence-corrected chi connectivity index (χ0v) is 19.3. The summed E-state index contributed by atoms with van der Waals surface area (Å²) in [5.74, 6) is 0.0944. The summed E-state index contributed by atoms with van der Waals surface area (Å²) in [5, 5.41) is 9.60. The summed E-state index contributed by atoms with van der Waals surface area (Å²) >= 11 is 4.24. The molecule has 0 amide bonds. The highest BCUT2D eigenvalue weighted by atomic mass is 32.2. The number of aryl methyl sites for hydroxylation is 1. The predicted molar refractivity (Wildman–Crippen MR) is 124 cm³/mol. The quantitative estimate of drug-likeness (QED) is 0.296. The van der Waals surface area contributed by atoms with Gasteiger partial charge in [-0.15, -0.1) is 21.5 Å². The maximum atomic E-state index is 12.8. The molecular formula is C20H17N5O3S3. The standard InChI is InChI=1S/C20H17N5O3S3/c1-4-28-18(27)14-9(2)13-16(26)21-15(22-17(13)31-14)10(3)29-19-23-24-20-25(19)11-7-5-6-8-12(11)30-20/h5-8,10H,4H2,1-3H3,(H,21,22,26). The van der Waals surface area contributed by atoms with Crippen LogP contribution in [-0.4, -0.2) is 37.1 Å². The summed E-state index contributed by atoms with van der Waals surface area (Å²) in [7, 11) is 0. The van der Waals surface area contributed by atoms with E-state index in [4.69, 9.17) is 4.74 Å². The number of esters is 1. The number of fused-ring (bicyclic) bond motifs is 4. The van der Waals surface area contributed by atoms with E-state index >= 15 is 0 Å². The van der Waals surface area contributed by atoms with Gasteiger partial charge in [0.15, 0.2) is 5.16 Å². The van der Waals surface area contributed by atoms with Gasteiger partial charge in [0.25, 0.3) is 5.56 Å². The van der Waals surface area contributed by atoms with Gasteiger partial charge in [0.05, 0.1) is 27.5 Å². The number of benzene rings is 1. The molecule has 1 unspecified atom stereocenters. The highest BCUT2D eigenvalue weighted by Crippen LogP contribution is 2.36. The molecule has 4 aromatic heterocycles. The molecule has 0 saturated heterocycles. The van der Waals surface area contributed by atoms with Gasteiger partial charge in [-0.2, -0.15) is 0 Å². The first kappa shape index (κ1) is 20.2. The third-order valence-electron chi connectivity index (χ3n) is 4.86. The van der Waals surface area contributed by atoms with Gasteiger partial charge in [-0.05, 0) is 38.5 Å². The van der Waals surface area contributed by atoms with E-state index in [0.717, 1.165) is 20.3 Å². The Kier molecular flexibility index (Phi) is 5.03. The fourth-order valence-corrected chi connectivity index (χ4v) is 6.41. The van der Waals surface area contributed by atoms with Gasteiger partial charge in [0.2, 0.25) is 4.96 Å². The first-order valence-electron chi connectivity index (χ1n) is 9.57. The Bertz CT molecular complexity index is 1510. The molecule has 0 spiro atoms. The fourth-order valence-electron chi connectivity index (χ4n) is 3.39. The smallest absolute Gasteiger partial charge is 0.348 e. The Morgan fingerprint density at radius 1 is 1.29 bits per heavy atom. The van der Waals surface area contributed by atoms with Gasteiger partial charge in [0.1, 0.15) is 15.5 Å². The minimum atomic E-state index is -0.429. The van der Waals surface area contributed by atoms with Crippen LogP contribution in [0, 0.1) is 6.92 Å². The third-order valence-corrected chi connectivity index (χ3v) is 8.09. The molecule has 158 valence electrons. The lowest BCUT2D eigenvalue weighted by Gasteiger charge is -2.09. The van der Waals surface area contributed by atoms with Crippen molar-refractivity contribution in [3.8, 4) is 0 Å². The number of thiophene rings is 1. The number of hydrogen-bond acceptors (Lipinski definition) is 9. The molecule has 11 heteroatoms. The molecule has 5 rings (SSSR count). The highest BCUT2D eigenvalue weighted by Gasteiger charge is 2.23. The van der Waals surface area contributed by atoms with E-state index in [2.05, 4.69) is 26.2 Å². The molecule has 0 aliphatic carbocycles. The van der Waals surface area contributed by atoms with Crippen molar-refractivity contribution in [1.82, 2.24) is 24.6 Å². The lowest BCUT2D eigenvalue weighted by Crippen LogP contribution is -2.13. The molecule has 0 saturated carbocycles. The second-order valence-electron chi connectivity index (χ2n) is 6.84. The molecular weight excluding hydrogens is 454 g/mol. The molecule has 0 bridgehead atoms. The summed E-state index contributed by atoms with van der Waals surface area (Å²) < 4.78 is 8.26. The van der Waals surface area contributed by atoms with Crippen molar-refractivity contribution >= 4 is 65.8 Å². The number of carbonyl (C=O) groups excluding carboxylic acids is 1. The summed E-state index contributed by atoms with van der Waals surface area (Å²) in [4.78, 5) is 34.3. The predicted octanol–water partition coefficient (Wildman–Crippen LogP) is 4.58. The molecule has 0 fully saturated rings. The molecule has 1 N–H and O–H groups in total. The van der Waals surface area contributed by atoms with Crippen molar-refractivity contribution in [3.63, 3.8) is 0 Å². The molecule has 8 nitrogen and oxygen atoms in total. The minimum absolute atomic E-state index is 0.184. The van der Waals surface area contributed by atoms with Gasteiger partial charge in [-0.3, -0.25) is 9.20 Å². The van der Waals surface area contributed by atoms with Crippen molar-refractivity contribution in [2.24, 2.45) is 0 Å². The second kappa shape index (κ2) is 7.74. The number of rotatable bonds is 5. The van der Waals surface area contributed by atoms with E-state index in [1.165, 1.54) is 23.1 Å². The van der Waals surface area contributed by atoms with Crippen LogP contribution in [0.15, 0.2) is 34.2 Å². The molecule has 5 aromatic rings. The van der Waals surface area contributed by atoms with Gasteiger partial charge >= 0.3 is 5.97 Å². The molecule has 31 heavy (non-hydrogen) atoms. The van der Waals surface area contributed by atoms with E-state index in [1.807, 2.05) is 29.5 Å². The number of nitrogens with zero attached hydrogens (tertiary/aromatic N) is 4. The van der Waals surface area contributed by atoms with Crippen molar-refractivity contribution in [3.05, 3.63) is 50.9 Å². The summed E-state index contributed by atoms with van der Waals surface area (Å²) in [6.07, 6.45) is 0. The Hall–Kier alpha value is -2.76. The molecule has 1 atom stereocenters.